The van der Waals surface area contributed by atoms with Gasteiger partial charge in [0.2, 0.25) is 11.8 Å². The molecule has 0 radical (unpaired) electrons. The first-order chi connectivity index (χ1) is 9.53. The molecule has 0 saturated heterocycles. The third kappa shape index (κ3) is 4.27. The number of thiol groups is 1. The van der Waals surface area contributed by atoms with Crippen LogP contribution in [0.4, 0.5) is 5.69 Å². The fraction of sp³-hybridized carbons (Fsp3) is 0.467. The van der Waals surface area contributed by atoms with E-state index in [4.69, 9.17) is 0 Å². The summed E-state index contributed by atoms with van der Waals surface area (Å²) in [6.07, 6.45) is 1.68. The van der Waals surface area contributed by atoms with Crippen molar-refractivity contribution in [1.29, 1.82) is 0 Å². The molecule has 1 rings (SSSR count). The highest BCUT2D eigenvalue weighted by molar-refractivity contribution is 7.80. The van der Waals surface area contributed by atoms with Crippen molar-refractivity contribution < 1.29 is 9.59 Å². The molecular formula is C15H22N2O2S. The Bertz CT molecular complexity index is 467. The second-order valence-corrected chi connectivity index (χ2v) is 4.95. The van der Waals surface area contributed by atoms with Gasteiger partial charge in [-0.2, -0.15) is 12.6 Å². The van der Waals surface area contributed by atoms with Gasteiger partial charge in [0.15, 0.2) is 0 Å². The highest BCUT2D eigenvalue weighted by Crippen LogP contribution is 2.22. The molecule has 0 aromatic heterocycles. The van der Waals surface area contributed by atoms with E-state index in [9.17, 15) is 9.59 Å². The molecule has 0 aliphatic heterocycles. The third-order valence-electron chi connectivity index (χ3n) is 3.12. The average molecular weight is 294 g/mol. The summed E-state index contributed by atoms with van der Waals surface area (Å²) < 4.78 is 0. The first kappa shape index (κ1) is 16.6. The Morgan fingerprint density at radius 3 is 2.15 bits per heavy atom. The van der Waals surface area contributed by atoms with Crippen molar-refractivity contribution >= 4 is 30.1 Å². The number of carbonyl (C=O) groups excluding carboxylic acids is 2. The number of hydrogen-bond donors (Lipinski definition) is 3. The van der Waals surface area contributed by atoms with Crippen molar-refractivity contribution in [3.8, 4) is 0 Å². The van der Waals surface area contributed by atoms with Crippen LogP contribution in [0, 0.1) is 0 Å². The van der Waals surface area contributed by atoms with Gasteiger partial charge in [0.1, 0.15) is 6.04 Å². The minimum Gasteiger partial charge on any atom is -0.344 e. The molecule has 0 aliphatic carbocycles. The lowest BCUT2D eigenvalue weighted by Gasteiger charge is -2.19. The summed E-state index contributed by atoms with van der Waals surface area (Å²) in [6.45, 7) is 5.49. The van der Waals surface area contributed by atoms with Crippen molar-refractivity contribution in [2.75, 3.05) is 11.1 Å². The largest absolute Gasteiger partial charge is 0.344 e. The topological polar surface area (TPSA) is 58.2 Å². The number of amides is 2. The maximum absolute atomic E-state index is 12.2. The van der Waals surface area contributed by atoms with E-state index in [1.165, 1.54) is 6.92 Å². The zero-order chi connectivity index (χ0) is 15.1. The average Bonchev–Trinajstić information content (AvgIpc) is 2.44. The van der Waals surface area contributed by atoms with Crippen LogP contribution < -0.4 is 10.6 Å². The molecule has 1 aromatic carbocycles. The van der Waals surface area contributed by atoms with E-state index in [1.54, 1.807) is 0 Å². The first-order valence-corrected chi connectivity index (χ1v) is 7.46. The fourth-order valence-electron chi connectivity index (χ4n) is 2.05. The summed E-state index contributed by atoms with van der Waals surface area (Å²) >= 11 is 4.12. The number of aryl methyl sites for hydroxylation is 2. The lowest BCUT2D eigenvalue weighted by atomic mass is 10.0. The maximum Gasteiger partial charge on any atom is 0.247 e. The number of hydrogen-bond acceptors (Lipinski definition) is 3. The molecule has 0 heterocycles. The monoisotopic (exact) mass is 294 g/mol. The summed E-state index contributed by atoms with van der Waals surface area (Å²) in [7, 11) is 0. The molecule has 5 heteroatoms. The van der Waals surface area contributed by atoms with Crippen LogP contribution in [0.3, 0.4) is 0 Å². The van der Waals surface area contributed by atoms with Crippen LogP contribution in [0.2, 0.25) is 0 Å². The standard InChI is InChI=1S/C15H22N2O2S/c1-4-11-7-6-8-12(5-2)14(11)17-15(19)13(9-20)16-10(3)18/h6-8,13,20H,4-5,9H2,1-3H3,(H,16,18)(H,17,19). The van der Waals surface area contributed by atoms with Gasteiger partial charge in [-0.15, -0.1) is 0 Å². The molecule has 2 amide bonds. The smallest absolute Gasteiger partial charge is 0.247 e. The minimum atomic E-state index is -0.620. The number of benzene rings is 1. The molecular weight excluding hydrogens is 272 g/mol. The highest BCUT2D eigenvalue weighted by Gasteiger charge is 2.19. The van der Waals surface area contributed by atoms with Gasteiger partial charge in [0.25, 0.3) is 0 Å². The van der Waals surface area contributed by atoms with Crippen molar-refractivity contribution in [2.45, 2.75) is 39.7 Å². The van der Waals surface area contributed by atoms with Gasteiger partial charge in [-0.05, 0) is 24.0 Å². The van der Waals surface area contributed by atoms with Crippen LogP contribution in [0.5, 0.6) is 0 Å². The Morgan fingerprint density at radius 1 is 1.20 bits per heavy atom. The Hall–Kier alpha value is -1.49. The SMILES string of the molecule is CCc1cccc(CC)c1NC(=O)C(CS)NC(C)=O. The molecule has 0 aliphatic rings. The van der Waals surface area contributed by atoms with Crippen LogP contribution in [0.25, 0.3) is 0 Å². The van der Waals surface area contributed by atoms with Gasteiger partial charge in [-0.1, -0.05) is 32.0 Å². The molecule has 2 N–H and O–H groups in total. The normalized spacial score (nSPS) is 11.8. The summed E-state index contributed by atoms with van der Waals surface area (Å²) in [5.74, 6) is -0.203. The summed E-state index contributed by atoms with van der Waals surface area (Å²) in [5, 5.41) is 5.53. The lowest BCUT2D eigenvalue weighted by molar-refractivity contribution is -0.124. The Balaban J connectivity index is 2.96. The number of anilines is 1. The Kier molecular flexibility index (Phi) is 6.58. The molecule has 1 unspecified atom stereocenters. The molecule has 0 fully saturated rings. The molecule has 4 nitrogen and oxygen atoms in total. The Morgan fingerprint density at radius 2 is 1.75 bits per heavy atom. The van der Waals surface area contributed by atoms with Gasteiger partial charge in [0, 0.05) is 18.4 Å². The van der Waals surface area contributed by atoms with E-state index in [1.807, 2.05) is 32.0 Å². The van der Waals surface area contributed by atoms with Crippen LogP contribution in [-0.4, -0.2) is 23.6 Å². The van der Waals surface area contributed by atoms with Gasteiger partial charge >= 0.3 is 0 Å². The van der Waals surface area contributed by atoms with E-state index < -0.39 is 6.04 Å². The molecule has 1 aromatic rings. The summed E-state index contributed by atoms with van der Waals surface area (Å²) in [4.78, 5) is 23.3. The van der Waals surface area contributed by atoms with Crippen molar-refractivity contribution in [3.63, 3.8) is 0 Å². The van der Waals surface area contributed by atoms with Crippen molar-refractivity contribution in [2.24, 2.45) is 0 Å². The number of rotatable bonds is 6. The van der Waals surface area contributed by atoms with Gasteiger partial charge in [-0.3, -0.25) is 9.59 Å². The van der Waals surface area contributed by atoms with Gasteiger partial charge < -0.3 is 10.6 Å². The van der Waals surface area contributed by atoms with Gasteiger partial charge in [0.05, 0.1) is 0 Å². The molecule has 20 heavy (non-hydrogen) atoms. The van der Waals surface area contributed by atoms with E-state index >= 15 is 0 Å². The zero-order valence-electron chi connectivity index (χ0n) is 12.2. The predicted molar refractivity (Wildman–Crippen MR) is 85.3 cm³/mol. The van der Waals surface area contributed by atoms with E-state index in [-0.39, 0.29) is 17.6 Å². The quantitative estimate of drug-likeness (QED) is 0.704. The summed E-state index contributed by atoms with van der Waals surface area (Å²) in [5.41, 5.74) is 3.05. The van der Waals surface area contributed by atoms with E-state index in [0.717, 1.165) is 29.7 Å². The highest BCUT2D eigenvalue weighted by atomic mass is 32.1. The molecule has 0 bridgehead atoms. The number of nitrogens with one attached hydrogen (secondary N) is 2. The van der Waals surface area contributed by atoms with Crippen LogP contribution >= 0.6 is 12.6 Å². The molecule has 0 spiro atoms. The van der Waals surface area contributed by atoms with Crippen LogP contribution in [0.15, 0.2) is 18.2 Å². The third-order valence-corrected chi connectivity index (χ3v) is 3.49. The zero-order valence-corrected chi connectivity index (χ0v) is 13.1. The Labute approximate surface area is 125 Å². The van der Waals surface area contributed by atoms with Crippen molar-refractivity contribution in [1.82, 2.24) is 5.32 Å². The maximum atomic E-state index is 12.2. The molecule has 110 valence electrons. The fourth-order valence-corrected chi connectivity index (χ4v) is 2.31. The summed E-state index contributed by atoms with van der Waals surface area (Å²) in [6, 6.07) is 5.38. The van der Waals surface area contributed by atoms with E-state index in [2.05, 4.69) is 23.3 Å². The lowest BCUT2D eigenvalue weighted by Crippen LogP contribution is -2.44. The van der Waals surface area contributed by atoms with Gasteiger partial charge in [-0.25, -0.2) is 0 Å². The molecule has 1 atom stereocenters. The van der Waals surface area contributed by atoms with Crippen molar-refractivity contribution in [3.05, 3.63) is 29.3 Å². The minimum absolute atomic E-state index is 0.231. The molecule has 0 saturated carbocycles. The second-order valence-electron chi connectivity index (χ2n) is 4.58. The van der Waals surface area contributed by atoms with Crippen LogP contribution in [-0.2, 0) is 22.4 Å². The number of para-hydroxylation sites is 1. The van der Waals surface area contributed by atoms with E-state index in [0.29, 0.717) is 0 Å². The van der Waals surface area contributed by atoms with Crippen LogP contribution in [0.1, 0.15) is 31.9 Å². The number of carbonyl (C=O) groups is 2. The second kappa shape index (κ2) is 7.94. The first-order valence-electron chi connectivity index (χ1n) is 6.83. The predicted octanol–water partition coefficient (Wildman–Crippen LogP) is 2.18.